The minimum atomic E-state index is -3.05. The molecule has 5 nitrogen and oxygen atoms in total. The Hall–Kier alpha value is -1.95. The third-order valence-corrected chi connectivity index (χ3v) is 5.27. The fourth-order valence-electron chi connectivity index (χ4n) is 2.45. The Morgan fingerprint density at radius 1 is 1.25 bits per heavy atom. The number of hydrogen-bond donors (Lipinski definition) is 1. The Morgan fingerprint density at radius 2 is 2.10 bits per heavy atom. The molecule has 2 heterocycles. The molecule has 1 aliphatic rings. The summed E-state index contributed by atoms with van der Waals surface area (Å²) in [7, 11) is -3.05. The summed E-state index contributed by atoms with van der Waals surface area (Å²) in [5.41, 5.74) is 1.47. The third kappa shape index (κ3) is 2.51. The van der Waals surface area contributed by atoms with E-state index in [4.69, 9.17) is 0 Å². The highest BCUT2D eigenvalue weighted by Crippen LogP contribution is 2.24. The SMILES string of the molecule is O=C(Nc1cccc2ncccc12)C1CCS(=O)(=O)C1. The topological polar surface area (TPSA) is 76.1 Å². The lowest BCUT2D eigenvalue weighted by molar-refractivity contribution is -0.119. The van der Waals surface area contributed by atoms with E-state index in [9.17, 15) is 13.2 Å². The van der Waals surface area contributed by atoms with Gasteiger partial charge in [-0.05, 0) is 30.7 Å². The fourth-order valence-corrected chi connectivity index (χ4v) is 4.19. The maximum atomic E-state index is 12.2. The van der Waals surface area contributed by atoms with E-state index in [0.29, 0.717) is 12.1 Å². The molecule has 0 bridgehead atoms. The summed E-state index contributed by atoms with van der Waals surface area (Å²) in [6, 6.07) is 9.16. The van der Waals surface area contributed by atoms with Gasteiger partial charge >= 0.3 is 0 Å². The first-order valence-corrected chi connectivity index (χ1v) is 8.22. The number of pyridine rings is 1. The smallest absolute Gasteiger partial charge is 0.228 e. The number of nitrogens with zero attached hydrogens (tertiary/aromatic N) is 1. The quantitative estimate of drug-likeness (QED) is 0.911. The number of benzene rings is 1. The van der Waals surface area contributed by atoms with Gasteiger partial charge in [-0.2, -0.15) is 0 Å². The lowest BCUT2D eigenvalue weighted by atomic mass is 10.1. The Balaban J connectivity index is 1.85. The van der Waals surface area contributed by atoms with Gasteiger partial charge in [0.2, 0.25) is 5.91 Å². The molecule has 1 saturated heterocycles. The van der Waals surface area contributed by atoms with E-state index in [2.05, 4.69) is 10.3 Å². The number of anilines is 1. The van der Waals surface area contributed by atoms with Gasteiger partial charge in [-0.15, -0.1) is 0 Å². The van der Waals surface area contributed by atoms with Crippen LogP contribution in [-0.2, 0) is 14.6 Å². The summed E-state index contributed by atoms with van der Waals surface area (Å²) in [5, 5.41) is 3.67. The molecule has 1 fully saturated rings. The number of carbonyl (C=O) groups excluding carboxylic acids is 1. The van der Waals surface area contributed by atoms with E-state index in [1.165, 1.54) is 0 Å². The van der Waals surface area contributed by atoms with Crippen LogP contribution in [0.5, 0.6) is 0 Å². The van der Waals surface area contributed by atoms with Gasteiger partial charge in [-0.3, -0.25) is 9.78 Å². The number of hydrogen-bond acceptors (Lipinski definition) is 4. The normalized spacial score (nSPS) is 20.9. The highest BCUT2D eigenvalue weighted by atomic mass is 32.2. The highest BCUT2D eigenvalue weighted by Gasteiger charge is 2.33. The van der Waals surface area contributed by atoms with Gasteiger partial charge in [0.25, 0.3) is 0 Å². The second kappa shape index (κ2) is 4.86. The van der Waals surface area contributed by atoms with Crippen LogP contribution >= 0.6 is 0 Å². The van der Waals surface area contributed by atoms with Crippen molar-refractivity contribution in [2.45, 2.75) is 6.42 Å². The number of fused-ring (bicyclic) bond motifs is 1. The van der Waals surface area contributed by atoms with Gasteiger partial charge < -0.3 is 5.32 Å². The molecule has 1 aliphatic heterocycles. The van der Waals surface area contributed by atoms with Crippen LogP contribution in [0.1, 0.15) is 6.42 Å². The second-order valence-corrected chi connectivity index (χ2v) is 7.19. The minimum Gasteiger partial charge on any atom is -0.325 e. The van der Waals surface area contributed by atoms with Crippen molar-refractivity contribution in [1.29, 1.82) is 0 Å². The van der Waals surface area contributed by atoms with Crippen LogP contribution in [0.3, 0.4) is 0 Å². The molecule has 1 amide bonds. The summed E-state index contributed by atoms with van der Waals surface area (Å²) < 4.78 is 22.8. The largest absolute Gasteiger partial charge is 0.325 e. The number of sulfone groups is 1. The number of nitrogens with one attached hydrogen (secondary N) is 1. The van der Waals surface area contributed by atoms with E-state index in [1.807, 2.05) is 18.2 Å². The van der Waals surface area contributed by atoms with Crippen molar-refractivity contribution in [2.24, 2.45) is 5.92 Å². The molecule has 0 saturated carbocycles. The zero-order valence-electron chi connectivity index (χ0n) is 10.7. The van der Waals surface area contributed by atoms with Crippen molar-refractivity contribution in [1.82, 2.24) is 4.98 Å². The second-order valence-electron chi connectivity index (χ2n) is 4.96. The number of aromatic nitrogens is 1. The van der Waals surface area contributed by atoms with Crippen molar-refractivity contribution < 1.29 is 13.2 Å². The number of carbonyl (C=O) groups is 1. The molecule has 104 valence electrons. The first-order chi connectivity index (χ1) is 9.55. The van der Waals surface area contributed by atoms with E-state index >= 15 is 0 Å². The molecule has 2 aromatic rings. The first kappa shape index (κ1) is 13.1. The Kier molecular flexibility index (Phi) is 3.17. The third-order valence-electron chi connectivity index (χ3n) is 3.51. The van der Waals surface area contributed by atoms with E-state index in [0.717, 1.165) is 10.9 Å². The molecule has 0 aliphatic carbocycles. The lowest BCUT2D eigenvalue weighted by Crippen LogP contribution is -2.23. The summed E-state index contributed by atoms with van der Waals surface area (Å²) in [6.07, 6.45) is 2.09. The molecule has 6 heteroatoms. The molecule has 20 heavy (non-hydrogen) atoms. The van der Waals surface area contributed by atoms with Crippen LogP contribution < -0.4 is 5.32 Å². The maximum absolute atomic E-state index is 12.2. The molecule has 1 N–H and O–H groups in total. The van der Waals surface area contributed by atoms with Crippen LogP contribution in [0.4, 0.5) is 5.69 Å². The predicted molar refractivity (Wildman–Crippen MR) is 77.1 cm³/mol. The van der Waals surface area contributed by atoms with Crippen molar-refractivity contribution in [3.63, 3.8) is 0 Å². The lowest BCUT2D eigenvalue weighted by Gasteiger charge is -2.11. The first-order valence-electron chi connectivity index (χ1n) is 6.40. The zero-order valence-corrected chi connectivity index (χ0v) is 11.6. The van der Waals surface area contributed by atoms with Crippen molar-refractivity contribution in [2.75, 3.05) is 16.8 Å². The van der Waals surface area contributed by atoms with Gasteiger partial charge in [0.05, 0.1) is 28.6 Å². The molecule has 0 spiro atoms. The van der Waals surface area contributed by atoms with Crippen LogP contribution in [0.2, 0.25) is 0 Å². The standard InChI is InChI=1S/C14H14N2O3S/c17-14(10-6-8-20(18,19)9-10)16-13-5-1-4-12-11(13)3-2-7-15-12/h1-5,7,10H,6,8-9H2,(H,16,17). The van der Waals surface area contributed by atoms with Gasteiger partial charge in [-0.25, -0.2) is 8.42 Å². The molecule has 1 unspecified atom stereocenters. The van der Waals surface area contributed by atoms with E-state index < -0.39 is 15.8 Å². The van der Waals surface area contributed by atoms with Crippen molar-refractivity contribution in [3.05, 3.63) is 36.5 Å². The summed E-state index contributed by atoms with van der Waals surface area (Å²) in [5.74, 6) is -0.640. The Labute approximate surface area is 116 Å². The van der Waals surface area contributed by atoms with Crippen LogP contribution in [0.25, 0.3) is 10.9 Å². The average Bonchev–Trinajstić information content (AvgIpc) is 2.80. The molecular weight excluding hydrogens is 276 g/mol. The molecule has 1 aromatic carbocycles. The number of amides is 1. The Morgan fingerprint density at radius 3 is 2.85 bits per heavy atom. The summed E-state index contributed by atoms with van der Waals surface area (Å²) >= 11 is 0. The molecule has 1 aromatic heterocycles. The monoisotopic (exact) mass is 290 g/mol. The zero-order chi connectivity index (χ0) is 14.2. The van der Waals surface area contributed by atoms with Crippen molar-refractivity contribution in [3.8, 4) is 0 Å². The van der Waals surface area contributed by atoms with Crippen LogP contribution in [-0.4, -0.2) is 30.8 Å². The summed E-state index contributed by atoms with van der Waals surface area (Å²) in [6.45, 7) is 0. The predicted octanol–water partition coefficient (Wildman–Crippen LogP) is 1.61. The maximum Gasteiger partial charge on any atom is 0.228 e. The van der Waals surface area contributed by atoms with Gasteiger partial charge in [-0.1, -0.05) is 6.07 Å². The summed E-state index contributed by atoms with van der Waals surface area (Å²) in [4.78, 5) is 16.4. The van der Waals surface area contributed by atoms with E-state index in [1.54, 1.807) is 18.3 Å². The molecule has 0 radical (unpaired) electrons. The van der Waals surface area contributed by atoms with Gasteiger partial charge in [0.15, 0.2) is 9.84 Å². The number of rotatable bonds is 2. The van der Waals surface area contributed by atoms with Gasteiger partial charge in [0, 0.05) is 11.6 Å². The van der Waals surface area contributed by atoms with Crippen LogP contribution in [0.15, 0.2) is 36.5 Å². The highest BCUT2D eigenvalue weighted by molar-refractivity contribution is 7.91. The van der Waals surface area contributed by atoms with Crippen LogP contribution in [0, 0.1) is 5.92 Å². The van der Waals surface area contributed by atoms with Gasteiger partial charge in [0.1, 0.15) is 0 Å². The molecular formula is C14H14N2O3S. The average molecular weight is 290 g/mol. The minimum absolute atomic E-state index is 0.0537. The Bertz CT molecular complexity index is 766. The van der Waals surface area contributed by atoms with Crippen molar-refractivity contribution >= 4 is 32.3 Å². The molecule has 3 rings (SSSR count). The van der Waals surface area contributed by atoms with E-state index in [-0.39, 0.29) is 17.4 Å². The fraction of sp³-hybridized carbons (Fsp3) is 0.286. The molecule has 1 atom stereocenters.